The van der Waals surface area contributed by atoms with Crippen LogP contribution in [0.5, 0.6) is 0 Å². The van der Waals surface area contributed by atoms with E-state index in [9.17, 15) is 14.4 Å². The summed E-state index contributed by atoms with van der Waals surface area (Å²) in [5, 5.41) is 0. The third-order valence-electron chi connectivity index (χ3n) is 5.18. The lowest BCUT2D eigenvalue weighted by atomic mass is 9.57. The molecule has 0 radical (unpaired) electrons. The second kappa shape index (κ2) is 5.81. The Morgan fingerprint density at radius 2 is 1.64 bits per heavy atom. The monoisotopic (exact) mass is 331 g/mol. The van der Waals surface area contributed by atoms with Gasteiger partial charge >= 0.3 is 0 Å². The van der Waals surface area contributed by atoms with E-state index in [0.717, 1.165) is 5.56 Å². The molecule has 2 aromatic rings. The molecular weight excluding hydrogens is 314 g/mol. The largest absolute Gasteiger partial charge is 0.298 e. The molecule has 124 valence electrons. The summed E-state index contributed by atoms with van der Waals surface area (Å²) in [4.78, 5) is 39.2. The van der Waals surface area contributed by atoms with Gasteiger partial charge in [-0.3, -0.25) is 19.3 Å². The molecule has 4 rings (SSSR count). The first-order chi connectivity index (χ1) is 12.1. The fourth-order valence-electron chi connectivity index (χ4n) is 3.88. The molecule has 2 aromatic carbocycles. The number of likely N-dealkylation sites (tertiary alicyclic amines) is 1. The third-order valence-corrected chi connectivity index (χ3v) is 5.18. The second-order valence-electron chi connectivity index (χ2n) is 6.50. The third kappa shape index (κ3) is 2.25. The highest BCUT2D eigenvalue weighted by molar-refractivity contribution is 6.22. The predicted octanol–water partition coefficient (Wildman–Crippen LogP) is 2.60. The quantitative estimate of drug-likeness (QED) is 0.642. The number of carbonyl (C=O) groups excluding carboxylic acids is 3. The lowest BCUT2D eigenvalue weighted by Crippen LogP contribution is -2.56. The molecule has 1 aliphatic heterocycles. The molecule has 2 unspecified atom stereocenters. The molecule has 1 heterocycles. The number of Topliss-reactive ketones (excluding diaryl/α,β-unsaturated/α-hetero) is 1. The normalized spacial score (nSPS) is 25.1. The number of imide groups is 1. The zero-order chi connectivity index (χ0) is 17.4. The number of hydrogen-bond acceptors (Lipinski definition) is 3. The minimum absolute atomic E-state index is 0.0870. The van der Waals surface area contributed by atoms with Gasteiger partial charge in [-0.1, -0.05) is 60.7 Å². The Hall–Kier alpha value is -3.01. The van der Waals surface area contributed by atoms with Crippen molar-refractivity contribution >= 4 is 23.7 Å². The van der Waals surface area contributed by atoms with Gasteiger partial charge in [0.15, 0.2) is 5.78 Å². The van der Waals surface area contributed by atoms with Crippen molar-refractivity contribution in [2.45, 2.75) is 11.8 Å². The van der Waals surface area contributed by atoms with Gasteiger partial charge in [0.2, 0.25) is 5.91 Å². The van der Waals surface area contributed by atoms with Crippen LogP contribution in [0.2, 0.25) is 0 Å². The number of fused-ring (bicyclic) bond motifs is 1. The molecule has 4 heteroatoms. The van der Waals surface area contributed by atoms with E-state index in [1.807, 2.05) is 48.5 Å². The maximum atomic E-state index is 13.0. The molecule has 25 heavy (non-hydrogen) atoms. The first-order valence-electron chi connectivity index (χ1n) is 8.32. The highest BCUT2D eigenvalue weighted by atomic mass is 16.2. The van der Waals surface area contributed by atoms with Crippen molar-refractivity contribution in [3.63, 3.8) is 0 Å². The summed E-state index contributed by atoms with van der Waals surface area (Å²) < 4.78 is 0. The number of amides is 2. The van der Waals surface area contributed by atoms with Gasteiger partial charge in [-0.15, -0.1) is 0 Å². The van der Waals surface area contributed by atoms with Crippen LogP contribution in [-0.2, 0) is 19.8 Å². The molecular formula is C21H17NO3. The Kier molecular flexibility index (Phi) is 3.61. The molecule has 2 atom stereocenters. The topological polar surface area (TPSA) is 54.5 Å². The van der Waals surface area contributed by atoms with E-state index in [2.05, 4.69) is 0 Å². The minimum atomic E-state index is -1.16. The first-order valence-corrected chi connectivity index (χ1v) is 8.32. The highest BCUT2D eigenvalue weighted by Crippen LogP contribution is 2.51. The van der Waals surface area contributed by atoms with Crippen LogP contribution in [0.1, 0.15) is 17.5 Å². The fraction of sp³-hybridized carbons (Fsp3) is 0.190. The van der Waals surface area contributed by atoms with Crippen LogP contribution >= 0.6 is 0 Å². The van der Waals surface area contributed by atoms with Gasteiger partial charge in [-0.25, -0.2) is 0 Å². The Morgan fingerprint density at radius 3 is 2.28 bits per heavy atom. The molecule has 0 spiro atoms. The van der Waals surface area contributed by atoms with Gasteiger partial charge in [0.25, 0.3) is 5.91 Å². The lowest BCUT2D eigenvalue weighted by Gasteiger charge is -2.40. The Labute approximate surface area is 145 Å². The van der Waals surface area contributed by atoms with Gasteiger partial charge in [0, 0.05) is 25.0 Å². The molecule has 1 saturated carbocycles. The summed E-state index contributed by atoms with van der Waals surface area (Å²) in [7, 11) is 0. The molecule has 2 aliphatic rings. The average molecular weight is 331 g/mol. The van der Waals surface area contributed by atoms with Crippen LogP contribution in [0.25, 0.3) is 6.08 Å². The number of hydrogen-bond donors (Lipinski definition) is 0. The molecule has 2 fully saturated rings. The number of nitrogens with zero attached hydrogens (tertiary/aromatic N) is 1. The Balaban J connectivity index is 1.62. The molecule has 0 N–H and O–H groups in total. The zero-order valence-electron chi connectivity index (χ0n) is 13.6. The summed E-state index contributed by atoms with van der Waals surface area (Å²) in [6.07, 6.45) is 3.45. The van der Waals surface area contributed by atoms with Crippen LogP contribution in [0, 0.1) is 5.92 Å². The van der Waals surface area contributed by atoms with Crippen molar-refractivity contribution in [1.82, 2.24) is 4.90 Å². The summed E-state index contributed by atoms with van der Waals surface area (Å²) in [6, 6.07) is 18.5. The standard InChI is InChI=1S/C21H17NO3/c23-18-13-17-14-22(19(24)12-11-15-7-3-1-4-8-15)20(25)21(17,18)16-9-5-2-6-10-16/h1-12,17H,13-14H2/b12-11+. The van der Waals surface area contributed by atoms with Crippen LogP contribution < -0.4 is 0 Å². The van der Waals surface area contributed by atoms with Gasteiger partial charge in [-0.2, -0.15) is 0 Å². The van der Waals surface area contributed by atoms with Gasteiger partial charge in [0.05, 0.1) is 0 Å². The van der Waals surface area contributed by atoms with Crippen LogP contribution in [0.4, 0.5) is 0 Å². The smallest absolute Gasteiger partial charge is 0.253 e. The SMILES string of the molecule is O=C(/C=C/c1ccccc1)N1CC2CC(=O)C2(c2ccccc2)C1=O. The summed E-state index contributed by atoms with van der Waals surface area (Å²) in [5.74, 6) is -0.964. The van der Waals surface area contributed by atoms with Crippen LogP contribution in [0.15, 0.2) is 66.7 Å². The van der Waals surface area contributed by atoms with Crippen LogP contribution in [0.3, 0.4) is 0 Å². The van der Waals surface area contributed by atoms with E-state index in [4.69, 9.17) is 0 Å². The van der Waals surface area contributed by atoms with Crippen molar-refractivity contribution in [2.75, 3.05) is 6.54 Å². The Morgan fingerprint density at radius 1 is 1.00 bits per heavy atom. The summed E-state index contributed by atoms with van der Waals surface area (Å²) in [6.45, 7) is 0.303. The molecule has 0 bridgehead atoms. The lowest BCUT2D eigenvalue weighted by molar-refractivity contribution is -0.147. The van der Waals surface area contributed by atoms with Crippen molar-refractivity contribution < 1.29 is 14.4 Å². The fourth-order valence-corrected chi connectivity index (χ4v) is 3.88. The van der Waals surface area contributed by atoms with E-state index in [1.54, 1.807) is 18.2 Å². The molecule has 1 saturated heterocycles. The van der Waals surface area contributed by atoms with Crippen molar-refractivity contribution in [3.8, 4) is 0 Å². The molecule has 1 aliphatic carbocycles. The van der Waals surface area contributed by atoms with Gasteiger partial charge in [-0.05, 0) is 17.2 Å². The van der Waals surface area contributed by atoms with E-state index < -0.39 is 5.41 Å². The highest BCUT2D eigenvalue weighted by Gasteiger charge is 2.67. The number of benzene rings is 2. The number of carbonyl (C=O) groups is 3. The van der Waals surface area contributed by atoms with E-state index in [1.165, 1.54) is 11.0 Å². The molecule has 0 aromatic heterocycles. The zero-order valence-corrected chi connectivity index (χ0v) is 13.6. The predicted molar refractivity (Wildman–Crippen MR) is 93.4 cm³/mol. The maximum Gasteiger partial charge on any atom is 0.253 e. The van der Waals surface area contributed by atoms with Gasteiger partial charge < -0.3 is 0 Å². The first kappa shape index (κ1) is 15.5. The van der Waals surface area contributed by atoms with E-state index >= 15 is 0 Å². The second-order valence-corrected chi connectivity index (χ2v) is 6.50. The summed E-state index contributed by atoms with van der Waals surface area (Å²) >= 11 is 0. The maximum absolute atomic E-state index is 13.0. The van der Waals surface area contributed by atoms with Crippen molar-refractivity contribution in [3.05, 3.63) is 77.9 Å². The number of rotatable bonds is 3. The average Bonchev–Trinajstić information content (AvgIpc) is 2.88. The number of ketones is 1. The minimum Gasteiger partial charge on any atom is -0.298 e. The molecule has 2 amide bonds. The van der Waals surface area contributed by atoms with E-state index in [0.29, 0.717) is 18.5 Å². The van der Waals surface area contributed by atoms with Crippen LogP contribution in [-0.4, -0.2) is 29.0 Å². The van der Waals surface area contributed by atoms with E-state index in [-0.39, 0.29) is 23.5 Å². The van der Waals surface area contributed by atoms with Crippen molar-refractivity contribution in [2.24, 2.45) is 5.92 Å². The van der Waals surface area contributed by atoms with Crippen molar-refractivity contribution in [1.29, 1.82) is 0 Å². The van der Waals surface area contributed by atoms with Gasteiger partial charge in [0.1, 0.15) is 5.41 Å². The molecule has 4 nitrogen and oxygen atoms in total. The summed E-state index contributed by atoms with van der Waals surface area (Å²) in [5.41, 5.74) is 0.431. The Bertz CT molecular complexity index is 873.